The summed E-state index contributed by atoms with van der Waals surface area (Å²) in [5.41, 5.74) is 4.58. The van der Waals surface area contributed by atoms with E-state index in [9.17, 15) is 4.79 Å². The van der Waals surface area contributed by atoms with Crippen molar-refractivity contribution in [3.05, 3.63) is 79.1 Å². The van der Waals surface area contributed by atoms with Crippen LogP contribution in [0.25, 0.3) is 11.0 Å². The fraction of sp³-hybridized carbons (Fsp3) is 0.250. The fourth-order valence-corrected chi connectivity index (χ4v) is 3.53. The highest BCUT2D eigenvalue weighted by Crippen LogP contribution is 2.25. The first kappa shape index (κ1) is 18.0. The molecule has 25 heavy (non-hydrogen) atoms. The van der Waals surface area contributed by atoms with Gasteiger partial charge in [-0.15, -0.1) is 0 Å². The normalized spacial score (nSPS) is 12.5. The Bertz CT molecular complexity index is 995. The zero-order valence-electron chi connectivity index (χ0n) is 14.4. The van der Waals surface area contributed by atoms with E-state index in [4.69, 9.17) is 27.6 Å². The van der Waals surface area contributed by atoms with Crippen molar-refractivity contribution in [3.8, 4) is 0 Å². The molecule has 0 aliphatic rings. The summed E-state index contributed by atoms with van der Waals surface area (Å²) in [7, 11) is 0. The van der Waals surface area contributed by atoms with E-state index in [2.05, 4.69) is 25.2 Å². The Labute approximate surface area is 156 Å². The Morgan fingerprint density at radius 1 is 1.08 bits per heavy atom. The average Bonchev–Trinajstić information content (AvgIpc) is 2.54. The lowest BCUT2D eigenvalue weighted by molar-refractivity contribution is -0.707. The first-order valence-electron chi connectivity index (χ1n) is 8.17. The second kappa shape index (κ2) is 7.20. The van der Waals surface area contributed by atoms with Gasteiger partial charge in [0.15, 0.2) is 0 Å². The van der Waals surface area contributed by atoms with Gasteiger partial charge < -0.3 is 9.73 Å². The van der Waals surface area contributed by atoms with Crippen molar-refractivity contribution in [2.45, 2.75) is 33.4 Å². The molecule has 0 unspecified atom stereocenters. The maximum Gasteiger partial charge on any atom is 0.336 e. The number of benzene rings is 2. The van der Waals surface area contributed by atoms with Crippen LogP contribution in [0.1, 0.15) is 35.2 Å². The van der Waals surface area contributed by atoms with Crippen LogP contribution in [0.4, 0.5) is 0 Å². The zero-order valence-corrected chi connectivity index (χ0v) is 15.9. The van der Waals surface area contributed by atoms with Crippen molar-refractivity contribution in [1.82, 2.24) is 0 Å². The lowest BCUT2D eigenvalue weighted by atomic mass is 10.0. The quantitative estimate of drug-likeness (QED) is 0.679. The minimum Gasteiger partial charge on any atom is -0.423 e. The van der Waals surface area contributed by atoms with Gasteiger partial charge in [0, 0.05) is 27.6 Å². The number of nitrogens with two attached hydrogens (primary N) is 1. The predicted octanol–water partition coefficient (Wildman–Crippen LogP) is 4.54. The van der Waals surface area contributed by atoms with Crippen LogP contribution in [0.2, 0.25) is 10.0 Å². The van der Waals surface area contributed by atoms with Gasteiger partial charge in [0.25, 0.3) is 0 Å². The Hall–Kier alpha value is -1.81. The van der Waals surface area contributed by atoms with E-state index in [1.807, 2.05) is 25.1 Å². The SMILES string of the molecule is Cc1cc2oc(=O)cc(C[NH2+][C@@H](C)c3ccc(Cl)cc3Cl)c2cc1C. The Balaban J connectivity index is 1.90. The van der Waals surface area contributed by atoms with Gasteiger partial charge in [-0.25, -0.2) is 4.79 Å². The maximum atomic E-state index is 11.9. The molecule has 2 aromatic carbocycles. The summed E-state index contributed by atoms with van der Waals surface area (Å²) in [6, 6.07) is 11.2. The number of hydrogen-bond acceptors (Lipinski definition) is 2. The first-order chi connectivity index (χ1) is 11.8. The van der Waals surface area contributed by atoms with E-state index in [-0.39, 0.29) is 11.7 Å². The van der Waals surface area contributed by atoms with Gasteiger partial charge in [-0.2, -0.15) is 0 Å². The third kappa shape index (κ3) is 3.90. The molecular formula is C20H20Cl2NO2+. The summed E-state index contributed by atoms with van der Waals surface area (Å²) in [6.07, 6.45) is 0. The molecule has 130 valence electrons. The Morgan fingerprint density at radius 3 is 2.52 bits per heavy atom. The van der Waals surface area contributed by atoms with Crippen LogP contribution >= 0.6 is 23.2 Å². The third-order valence-electron chi connectivity index (χ3n) is 4.59. The molecule has 2 N–H and O–H groups in total. The lowest BCUT2D eigenvalue weighted by Crippen LogP contribution is -2.83. The monoisotopic (exact) mass is 376 g/mol. The lowest BCUT2D eigenvalue weighted by Gasteiger charge is -2.14. The second-order valence-corrected chi connectivity index (χ2v) is 7.26. The molecule has 0 radical (unpaired) electrons. The number of halogens is 2. The van der Waals surface area contributed by atoms with Gasteiger partial charge >= 0.3 is 5.63 Å². The molecule has 0 amide bonds. The highest BCUT2D eigenvalue weighted by atomic mass is 35.5. The van der Waals surface area contributed by atoms with Crippen molar-refractivity contribution in [2.24, 2.45) is 0 Å². The molecule has 1 atom stereocenters. The standard InChI is InChI=1S/C20H19Cl2NO2/c1-11-6-17-14(8-20(24)25-19(17)7-12(11)2)10-23-13(3)16-5-4-15(21)9-18(16)22/h4-9,13,23H,10H2,1-3H3/p+1/t13-/m0/s1. The molecule has 1 heterocycles. The van der Waals surface area contributed by atoms with Crippen LogP contribution in [0.15, 0.2) is 45.6 Å². The van der Waals surface area contributed by atoms with E-state index >= 15 is 0 Å². The molecule has 3 rings (SSSR count). The fourth-order valence-electron chi connectivity index (χ4n) is 2.95. The van der Waals surface area contributed by atoms with Crippen LogP contribution in [-0.2, 0) is 6.54 Å². The molecule has 0 bridgehead atoms. The molecular weight excluding hydrogens is 357 g/mol. The van der Waals surface area contributed by atoms with Crippen LogP contribution in [0.5, 0.6) is 0 Å². The average molecular weight is 377 g/mol. The number of aryl methyl sites for hydroxylation is 2. The van der Waals surface area contributed by atoms with E-state index in [1.54, 1.807) is 12.1 Å². The topological polar surface area (TPSA) is 46.8 Å². The largest absolute Gasteiger partial charge is 0.423 e. The van der Waals surface area contributed by atoms with Gasteiger partial charge in [0.1, 0.15) is 18.2 Å². The molecule has 3 nitrogen and oxygen atoms in total. The Morgan fingerprint density at radius 2 is 1.80 bits per heavy atom. The van der Waals surface area contributed by atoms with Crippen molar-refractivity contribution in [2.75, 3.05) is 0 Å². The van der Waals surface area contributed by atoms with Crippen LogP contribution in [-0.4, -0.2) is 0 Å². The van der Waals surface area contributed by atoms with Crippen molar-refractivity contribution in [3.63, 3.8) is 0 Å². The van der Waals surface area contributed by atoms with E-state index in [0.29, 0.717) is 22.2 Å². The highest BCUT2D eigenvalue weighted by molar-refractivity contribution is 6.35. The van der Waals surface area contributed by atoms with E-state index in [0.717, 1.165) is 22.1 Å². The molecule has 0 fully saturated rings. The molecule has 0 aliphatic carbocycles. The summed E-state index contributed by atoms with van der Waals surface area (Å²) < 4.78 is 5.36. The third-order valence-corrected chi connectivity index (χ3v) is 5.15. The van der Waals surface area contributed by atoms with Gasteiger partial charge in [-0.3, -0.25) is 0 Å². The first-order valence-corrected chi connectivity index (χ1v) is 8.93. The zero-order chi connectivity index (χ0) is 18.1. The predicted molar refractivity (Wildman–Crippen MR) is 102 cm³/mol. The van der Waals surface area contributed by atoms with Gasteiger partial charge in [0.05, 0.1) is 5.02 Å². The maximum absolute atomic E-state index is 11.9. The van der Waals surface area contributed by atoms with Crippen LogP contribution in [0, 0.1) is 13.8 Å². The van der Waals surface area contributed by atoms with Crippen LogP contribution < -0.4 is 10.9 Å². The second-order valence-electron chi connectivity index (χ2n) is 6.42. The summed E-state index contributed by atoms with van der Waals surface area (Å²) in [4.78, 5) is 11.9. The molecule has 1 aromatic heterocycles. The molecule has 0 saturated heterocycles. The minimum atomic E-state index is -0.323. The number of quaternary nitrogens is 1. The van der Waals surface area contributed by atoms with Crippen LogP contribution in [0.3, 0.4) is 0 Å². The molecule has 3 aromatic rings. The number of hydrogen-bond donors (Lipinski definition) is 1. The van der Waals surface area contributed by atoms with Crippen molar-refractivity contribution in [1.29, 1.82) is 0 Å². The molecule has 0 aliphatic heterocycles. The van der Waals surface area contributed by atoms with Crippen molar-refractivity contribution < 1.29 is 9.73 Å². The summed E-state index contributed by atoms with van der Waals surface area (Å²) >= 11 is 12.3. The van der Waals surface area contributed by atoms with Gasteiger partial charge in [-0.1, -0.05) is 29.3 Å². The minimum absolute atomic E-state index is 0.138. The van der Waals surface area contributed by atoms with Gasteiger partial charge in [0.2, 0.25) is 0 Å². The number of fused-ring (bicyclic) bond motifs is 1. The summed E-state index contributed by atoms with van der Waals surface area (Å²) in [5.74, 6) is 0. The molecule has 5 heteroatoms. The highest BCUT2D eigenvalue weighted by Gasteiger charge is 2.15. The number of rotatable bonds is 4. The van der Waals surface area contributed by atoms with Gasteiger partial charge in [-0.05, 0) is 56.2 Å². The molecule has 0 spiro atoms. The smallest absolute Gasteiger partial charge is 0.336 e. The molecule has 0 saturated carbocycles. The summed E-state index contributed by atoms with van der Waals surface area (Å²) in [5, 5.41) is 4.41. The van der Waals surface area contributed by atoms with Crippen molar-refractivity contribution >= 4 is 34.2 Å². The van der Waals surface area contributed by atoms with E-state index in [1.165, 1.54) is 5.56 Å². The Kier molecular flexibility index (Phi) is 5.19. The summed E-state index contributed by atoms with van der Waals surface area (Å²) in [6.45, 7) is 6.81. The van der Waals surface area contributed by atoms with E-state index < -0.39 is 0 Å².